The van der Waals surface area contributed by atoms with E-state index in [2.05, 4.69) is 15.1 Å². The Morgan fingerprint density at radius 3 is 2.03 bits per heavy atom. The van der Waals surface area contributed by atoms with Crippen molar-refractivity contribution in [2.45, 2.75) is 108 Å². The first-order chi connectivity index (χ1) is 14.7. The van der Waals surface area contributed by atoms with E-state index in [-0.39, 0.29) is 5.92 Å². The standard InChI is InChI=1S/C25H43N3O2/c29-24(11-10-20-6-4-5-7-20)28-18-14-23(15-19-28)27-16-12-21(13-17-27)25(30)26-22-8-2-1-3-9-22/h20-23H,1-19H2,(H,26,30). The van der Waals surface area contributed by atoms with E-state index < -0.39 is 0 Å². The fraction of sp³-hybridized carbons (Fsp3) is 0.920. The Morgan fingerprint density at radius 2 is 1.37 bits per heavy atom. The Labute approximate surface area is 183 Å². The molecule has 2 aliphatic heterocycles. The SMILES string of the molecule is O=C(NC1CCCCC1)C1CCN(C2CCN(C(=O)CCC3CCCC3)CC2)CC1. The third-order valence-corrected chi connectivity index (χ3v) is 8.43. The van der Waals surface area contributed by atoms with Crippen LogP contribution in [0.1, 0.15) is 96.3 Å². The lowest BCUT2D eigenvalue weighted by atomic mass is 9.91. The zero-order chi connectivity index (χ0) is 20.8. The fourth-order valence-electron chi connectivity index (χ4n) is 6.36. The zero-order valence-electron chi connectivity index (χ0n) is 19.0. The minimum Gasteiger partial charge on any atom is -0.353 e. The van der Waals surface area contributed by atoms with E-state index in [0.29, 0.717) is 23.9 Å². The van der Waals surface area contributed by atoms with Gasteiger partial charge in [0.05, 0.1) is 0 Å². The van der Waals surface area contributed by atoms with Crippen LogP contribution in [-0.2, 0) is 9.59 Å². The van der Waals surface area contributed by atoms with Crippen molar-refractivity contribution < 1.29 is 9.59 Å². The van der Waals surface area contributed by atoms with Crippen molar-refractivity contribution in [1.29, 1.82) is 0 Å². The lowest BCUT2D eigenvalue weighted by Gasteiger charge is -2.41. The molecule has 0 aromatic heterocycles. The summed E-state index contributed by atoms with van der Waals surface area (Å²) in [7, 11) is 0. The number of likely N-dealkylation sites (tertiary alicyclic amines) is 2. The molecule has 2 saturated heterocycles. The number of carbonyl (C=O) groups excluding carboxylic acids is 2. The third kappa shape index (κ3) is 5.99. The maximum Gasteiger partial charge on any atom is 0.223 e. The number of rotatable bonds is 6. The van der Waals surface area contributed by atoms with E-state index in [1.807, 2.05) is 0 Å². The lowest BCUT2D eigenvalue weighted by molar-refractivity contribution is -0.133. The van der Waals surface area contributed by atoms with Crippen molar-refractivity contribution in [3.63, 3.8) is 0 Å². The van der Waals surface area contributed by atoms with E-state index in [9.17, 15) is 9.59 Å². The fourth-order valence-corrected chi connectivity index (χ4v) is 6.36. The molecule has 4 fully saturated rings. The van der Waals surface area contributed by atoms with Gasteiger partial charge in [-0.15, -0.1) is 0 Å². The molecule has 2 saturated carbocycles. The van der Waals surface area contributed by atoms with Crippen LogP contribution in [0, 0.1) is 11.8 Å². The van der Waals surface area contributed by atoms with Gasteiger partial charge in [-0.3, -0.25) is 9.59 Å². The van der Waals surface area contributed by atoms with E-state index in [4.69, 9.17) is 0 Å². The number of nitrogens with one attached hydrogen (secondary N) is 1. The van der Waals surface area contributed by atoms with Crippen LogP contribution in [0.4, 0.5) is 0 Å². The molecule has 0 radical (unpaired) electrons. The maximum absolute atomic E-state index is 12.7. The molecule has 0 spiro atoms. The molecule has 170 valence electrons. The molecule has 2 heterocycles. The lowest BCUT2D eigenvalue weighted by Crippen LogP contribution is -2.50. The van der Waals surface area contributed by atoms with Crippen molar-refractivity contribution in [1.82, 2.24) is 15.1 Å². The number of piperidine rings is 2. The van der Waals surface area contributed by atoms with E-state index >= 15 is 0 Å². The summed E-state index contributed by atoms with van der Waals surface area (Å²) in [5, 5.41) is 3.33. The molecule has 0 unspecified atom stereocenters. The highest BCUT2D eigenvalue weighted by Crippen LogP contribution is 2.29. The normalized spacial score (nSPS) is 26.2. The van der Waals surface area contributed by atoms with Crippen molar-refractivity contribution in [3.05, 3.63) is 0 Å². The summed E-state index contributed by atoms with van der Waals surface area (Å²) in [6.07, 6.45) is 17.7. The van der Waals surface area contributed by atoms with Crippen molar-refractivity contribution in [2.75, 3.05) is 26.2 Å². The van der Waals surface area contributed by atoms with Crippen LogP contribution in [0.25, 0.3) is 0 Å². The first-order valence-corrected chi connectivity index (χ1v) is 13.0. The topological polar surface area (TPSA) is 52.7 Å². The zero-order valence-corrected chi connectivity index (χ0v) is 19.0. The highest BCUT2D eigenvalue weighted by molar-refractivity contribution is 5.79. The molecule has 5 heteroatoms. The average molecular weight is 418 g/mol. The minimum atomic E-state index is 0.209. The molecule has 1 N–H and O–H groups in total. The second kappa shape index (κ2) is 11.0. The highest BCUT2D eigenvalue weighted by atomic mass is 16.2. The number of hydrogen-bond acceptors (Lipinski definition) is 3. The van der Waals surface area contributed by atoms with Gasteiger partial charge in [-0.1, -0.05) is 44.9 Å². The van der Waals surface area contributed by atoms with E-state index in [1.165, 1.54) is 57.8 Å². The van der Waals surface area contributed by atoms with Gasteiger partial charge in [-0.25, -0.2) is 0 Å². The van der Waals surface area contributed by atoms with Crippen LogP contribution in [0.5, 0.6) is 0 Å². The highest BCUT2D eigenvalue weighted by Gasteiger charge is 2.32. The molecular formula is C25H43N3O2. The number of amides is 2. The van der Waals surface area contributed by atoms with Gasteiger partial charge < -0.3 is 15.1 Å². The van der Waals surface area contributed by atoms with Gasteiger partial charge in [0.2, 0.25) is 11.8 Å². The molecule has 0 atom stereocenters. The number of carbonyl (C=O) groups is 2. The van der Waals surface area contributed by atoms with Gasteiger partial charge >= 0.3 is 0 Å². The van der Waals surface area contributed by atoms with Gasteiger partial charge in [0.15, 0.2) is 0 Å². The Bertz CT molecular complexity index is 553. The summed E-state index contributed by atoms with van der Waals surface area (Å²) in [6, 6.07) is 1.03. The van der Waals surface area contributed by atoms with Gasteiger partial charge in [0.25, 0.3) is 0 Å². The van der Waals surface area contributed by atoms with Gasteiger partial charge in [-0.2, -0.15) is 0 Å². The van der Waals surface area contributed by atoms with E-state index in [0.717, 1.165) is 70.6 Å². The monoisotopic (exact) mass is 417 g/mol. The summed E-state index contributed by atoms with van der Waals surface area (Å²) in [5.74, 6) is 1.71. The predicted octanol–water partition coefficient (Wildman–Crippen LogP) is 4.11. The molecule has 30 heavy (non-hydrogen) atoms. The van der Waals surface area contributed by atoms with Gasteiger partial charge in [-0.05, 0) is 64.0 Å². The number of hydrogen-bond donors (Lipinski definition) is 1. The Balaban J connectivity index is 1.13. The molecule has 2 amide bonds. The molecular weight excluding hydrogens is 374 g/mol. The molecule has 4 aliphatic rings. The predicted molar refractivity (Wildman–Crippen MR) is 120 cm³/mol. The largest absolute Gasteiger partial charge is 0.353 e. The second-order valence-electron chi connectivity index (χ2n) is 10.5. The van der Waals surface area contributed by atoms with Crippen LogP contribution in [0.15, 0.2) is 0 Å². The molecule has 2 aliphatic carbocycles. The Morgan fingerprint density at radius 1 is 0.733 bits per heavy atom. The van der Waals surface area contributed by atoms with Crippen molar-refractivity contribution in [2.24, 2.45) is 11.8 Å². The van der Waals surface area contributed by atoms with Gasteiger partial charge in [0, 0.05) is 37.5 Å². The van der Waals surface area contributed by atoms with Crippen LogP contribution in [-0.4, -0.2) is 59.9 Å². The summed E-state index contributed by atoms with van der Waals surface area (Å²) in [4.78, 5) is 30.0. The Kier molecular flexibility index (Phi) is 8.08. The van der Waals surface area contributed by atoms with Gasteiger partial charge in [0.1, 0.15) is 0 Å². The molecule has 0 aromatic rings. The van der Waals surface area contributed by atoms with Crippen LogP contribution < -0.4 is 5.32 Å². The van der Waals surface area contributed by atoms with E-state index in [1.54, 1.807) is 0 Å². The smallest absolute Gasteiger partial charge is 0.223 e. The average Bonchev–Trinajstić information content (AvgIpc) is 3.32. The van der Waals surface area contributed by atoms with Crippen molar-refractivity contribution >= 4 is 11.8 Å². The summed E-state index contributed by atoms with van der Waals surface area (Å²) < 4.78 is 0. The number of nitrogens with zero attached hydrogens (tertiary/aromatic N) is 2. The van der Waals surface area contributed by atoms with Crippen molar-refractivity contribution in [3.8, 4) is 0 Å². The molecule has 5 nitrogen and oxygen atoms in total. The third-order valence-electron chi connectivity index (χ3n) is 8.43. The quantitative estimate of drug-likeness (QED) is 0.708. The minimum absolute atomic E-state index is 0.209. The molecule has 0 aromatic carbocycles. The first kappa shape index (κ1) is 22.1. The molecule has 4 rings (SSSR count). The summed E-state index contributed by atoms with van der Waals surface area (Å²) in [5.41, 5.74) is 0. The summed E-state index contributed by atoms with van der Waals surface area (Å²) >= 11 is 0. The van der Waals surface area contributed by atoms with Crippen LogP contribution in [0.2, 0.25) is 0 Å². The van der Waals surface area contributed by atoms with Crippen LogP contribution >= 0.6 is 0 Å². The molecule has 0 bridgehead atoms. The second-order valence-corrected chi connectivity index (χ2v) is 10.5. The first-order valence-electron chi connectivity index (χ1n) is 13.0. The summed E-state index contributed by atoms with van der Waals surface area (Å²) in [6.45, 7) is 3.94. The Hall–Kier alpha value is -1.10. The van der Waals surface area contributed by atoms with Crippen LogP contribution in [0.3, 0.4) is 0 Å². The maximum atomic E-state index is 12.7.